The van der Waals surface area contributed by atoms with Crippen molar-refractivity contribution in [2.75, 3.05) is 6.54 Å². The lowest BCUT2D eigenvalue weighted by Gasteiger charge is -2.16. The van der Waals surface area contributed by atoms with Gasteiger partial charge in [0.25, 0.3) is 5.91 Å². The molecule has 9 rings (SSSR count). The summed E-state index contributed by atoms with van der Waals surface area (Å²) >= 11 is 13.6. The molecule has 0 saturated heterocycles. The molecule has 0 saturated carbocycles. The van der Waals surface area contributed by atoms with Gasteiger partial charge in [0.1, 0.15) is 0 Å². The number of hydrogen-bond donors (Lipinski definition) is 0. The van der Waals surface area contributed by atoms with Gasteiger partial charge >= 0.3 is 0 Å². The maximum Gasteiger partial charge on any atom is 0.256 e. The number of benzene rings is 1. The van der Waals surface area contributed by atoms with E-state index < -0.39 is 0 Å². The number of carbonyl (C=O) groups is 1. The van der Waals surface area contributed by atoms with E-state index in [-0.39, 0.29) is 5.91 Å². The second-order valence-corrected chi connectivity index (χ2v) is 27.2. The predicted molar refractivity (Wildman–Crippen MR) is 305 cm³/mol. The van der Waals surface area contributed by atoms with Crippen LogP contribution in [0.25, 0.3) is 70.3 Å². The standard InChI is InChI=1S/C58H69NOS7/c1-8-13-16-17-18-19-30-59-35-44-53(58(59)60)57(67-54(44)48-25-22-36(6)61-48)49-29-28-45(65-49)50-34-43-52(47-27-24-41(64-47)33-39(12-5)21-15-10-3)55-42(31-37(7)62-55)51(56(43)66-50)46-26-23-40(63-46)32-38(11-4)20-14-9-2/h22-29,31,34,38-39H,8-21,30,32-33,35H2,1-7H3. The molecule has 0 bridgehead atoms. The molecule has 7 aromatic heterocycles. The summed E-state index contributed by atoms with van der Waals surface area (Å²) in [7, 11) is 0. The van der Waals surface area contributed by atoms with Gasteiger partial charge in [-0.1, -0.05) is 118 Å². The Kier molecular flexibility index (Phi) is 16.5. The SMILES string of the molecule is CCCCCCCCN1Cc2c(-c3ccc(C)s3)sc(-c3ccc(-c4cc5c(-c6ccc(CC(CC)CCCC)s6)c6sc(C)cc6c(-c6ccc(CC(CC)CCCC)s6)c5s4)s3)c2C1=O. The summed E-state index contributed by atoms with van der Waals surface area (Å²) in [5, 5.41) is 2.80. The molecule has 2 nitrogen and oxygen atoms in total. The largest absolute Gasteiger partial charge is 0.334 e. The number of fused-ring (bicyclic) bond motifs is 3. The van der Waals surface area contributed by atoms with Crippen LogP contribution in [-0.4, -0.2) is 17.4 Å². The van der Waals surface area contributed by atoms with Gasteiger partial charge in [-0.15, -0.1) is 79.4 Å². The molecular formula is C58H69NOS7. The zero-order chi connectivity index (χ0) is 46.6. The average Bonchev–Trinajstić information content (AvgIpc) is 4.19. The summed E-state index contributed by atoms with van der Waals surface area (Å²) < 4.78 is 2.84. The van der Waals surface area contributed by atoms with Crippen molar-refractivity contribution >= 4 is 105 Å². The summed E-state index contributed by atoms with van der Waals surface area (Å²) in [4.78, 5) is 32.7. The van der Waals surface area contributed by atoms with Gasteiger partial charge in [-0.3, -0.25) is 4.79 Å². The normalized spacial score (nSPS) is 13.8. The molecule has 0 radical (unpaired) electrons. The van der Waals surface area contributed by atoms with E-state index in [1.54, 1.807) is 0 Å². The summed E-state index contributed by atoms with van der Waals surface area (Å²) in [5.41, 5.74) is 5.06. The summed E-state index contributed by atoms with van der Waals surface area (Å²) in [6.07, 6.45) is 20.0. The Bertz CT molecular complexity index is 2810. The van der Waals surface area contributed by atoms with E-state index in [0.717, 1.165) is 41.8 Å². The van der Waals surface area contributed by atoms with Crippen LogP contribution in [-0.2, 0) is 19.4 Å². The smallest absolute Gasteiger partial charge is 0.256 e. The molecule has 0 fully saturated rings. The van der Waals surface area contributed by atoms with Crippen molar-refractivity contribution in [3.05, 3.63) is 91.3 Å². The Balaban J connectivity index is 1.13. The molecule has 2 atom stereocenters. The highest BCUT2D eigenvalue weighted by molar-refractivity contribution is 7.30. The highest BCUT2D eigenvalue weighted by atomic mass is 32.1. The van der Waals surface area contributed by atoms with Crippen LogP contribution in [0.1, 0.15) is 160 Å². The topological polar surface area (TPSA) is 20.3 Å². The highest BCUT2D eigenvalue weighted by Gasteiger charge is 2.36. The predicted octanol–water partition coefficient (Wildman–Crippen LogP) is 21.2. The lowest BCUT2D eigenvalue weighted by molar-refractivity contribution is 0.0776. The van der Waals surface area contributed by atoms with Crippen molar-refractivity contribution < 1.29 is 4.79 Å². The van der Waals surface area contributed by atoms with E-state index in [9.17, 15) is 4.79 Å². The third kappa shape index (κ3) is 10.6. The van der Waals surface area contributed by atoms with Gasteiger partial charge in [0.05, 0.1) is 15.3 Å². The third-order valence-electron chi connectivity index (χ3n) is 14.1. The highest BCUT2D eigenvalue weighted by Crippen LogP contribution is 2.55. The molecular weight excluding hydrogens is 951 g/mol. The van der Waals surface area contributed by atoms with Crippen molar-refractivity contribution in [1.82, 2.24) is 4.90 Å². The second-order valence-electron chi connectivity index (χ2n) is 19.2. The van der Waals surface area contributed by atoms with Crippen molar-refractivity contribution in [3.63, 3.8) is 0 Å². The molecule has 9 heteroatoms. The molecule has 1 aliphatic heterocycles. The maximum absolute atomic E-state index is 14.5. The van der Waals surface area contributed by atoms with Crippen LogP contribution in [0.3, 0.4) is 0 Å². The lowest BCUT2D eigenvalue weighted by atomic mass is 9.95. The molecule has 2 unspecified atom stereocenters. The molecule has 354 valence electrons. The Morgan fingerprint density at radius 1 is 0.493 bits per heavy atom. The Labute approximate surface area is 429 Å². The summed E-state index contributed by atoms with van der Waals surface area (Å²) in [6, 6.07) is 23.9. The molecule has 1 amide bonds. The first-order valence-corrected chi connectivity index (χ1v) is 31.2. The van der Waals surface area contributed by atoms with E-state index in [4.69, 9.17) is 0 Å². The van der Waals surface area contributed by atoms with Gasteiger partial charge in [0.15, 0.2) is 0 Å². The molecule has 1 aliphatic rings. The van der Waals surface area contributed by atoms with E-state index in [1.165, 1.54) is 187 Å². The molecule has 67 heavy (non-hydrogen) atoms. The van der Waals surface area contributed by atoms with Gasteiger partial charge < -0.3 is 4.90 Å². The Hall–Kier alpha value is -2.89. The number of hydrogen-bond acceptors (Lipinski definition) is 8. The zero-order valence-electron chi connectivity index (χ0n) is 40.9. The fourth-order valence-electron chi connectivity index (χ4n) is 10.3. The number of carbonyl (C=O) groups excluding carboxylic acids is 1. The van der Waals surface area contributed by atoms with Crippen LogP contribution in [0.15, 0.2) is 60.7 Å². The van der Waals surface area contributed by atoms with Crippen molar-refractivity contribution in [2.45, 2.75) is 158 Å². The van der Waals surface area contributed by atoms with Crippen LogP contribution in [0, 0.1) is 25.7 Å². The van der Waals surface area contributed by atoms with Gasteiger partial charge in [0, 0.05) is 98.7 Å². The van der Waals surface area contributed by atoms with E-state index in [1.807, 2.05) is 79.4 Å². The second kappa shape index (κ2) is 22.5. The fourth-order valence-corrected chi connectivity index (χ4v) is 18.6. The number of rotatable bonds is 24. The fraction of sp³-hybridized carbons (Fsp3) is 0.466. The number of aryl methyl sites for hydroxylation is 2. The van der Waals surface area contributed by atoms with E-state index in [0.29, 0.717) is 0 Å². The Morgan fingerprint density at radius 2 is 1.06 bits per heavy atom. The minimum Gasteiger partial charge on any atom is -0.334 e. The number of amides is 1. The Morgan fingerprint density at radius 3 is 1.69 bits per heavy atom. The summed E-state index contributed by atoms with van der Waals surface area (Å²) in [6.45, 7) is 17.7. The number of thiophene rings is 7. The zero-order valence-corrected chi connectivity index (χ0v) is 46.6. The number of unbranched alkanes of at least 4 members (excludes halogenated alkanes) is 7. The minimum absolute atomic E-state index is 0.229. The first-order valence-electron chi connectivity index (χ1n) is 25.5. The van der Waals surface area contributed by atoms with Crippen LogP contribution < -0.4 is 0 Å². The number of nitrogens with zero attached hydrogens (tertiary/aromatic N) is 1. The van der Waals surface area contributed by atoms with Crippen LogP contribution >= 0.6 is 79.4 Å². The van der Waals surface area contributed by atoms with Crippen LogP contribution in [0.4, 0.5) is 0 Å². The van der Waals surface area contributed by atoms with Crippen molar-refractivity contribution in [1.29, 1.82) is 0 Å². The van der Waals surface area contributed by atoms with Crippen molar-refractivity contribution in [3.8, 4) is 50.1 Å². The quantitative estimate of drug-likeness (QED) is 0.0552. The first-order chi connectivity index (χ1) is 32.7. The summed E-state index contributed by atoms with van der Waals surface area (Å²) in [5.74, 6) is 1.72. The van der Waals surface area contributed by atoms with E-state index in [2.05, 4.69) is 114 Å². The van der Waals surface area contributed by atoms with Crippen LogP contribution in [0.5, 0.6) is 0 Å². The molecule has 0 spiro atoms. The molecule has 0 aliphatic carbocycles. The van der Waals surface area contributed by atoms with Gasteiger partial charge in [0.2, 0.25) is 0 Å². The van der Waals surface area contributed by atoms with Crippen LogP contribution in [0.2, 0.25) is 0 Å². The maximum atomic E-state index is 14.5. The van der Waals surface area contributed by atoms with Gasteiger partial charge in [-0.05, 0) is 106 Å². The van der Waals surface area contributed by atoms with E-state index >= 15 is 0 Å². The average molecular weight is 1020 g/mol. The van der Waals surface area contributed by atoms with Gasteiger partial charge in [-0.2, -0.15) is 0 Å². The monoisotopic (exact) mass is 1020 g/mol. The molecule has 1 aromatic carbocycles. The molecule has 8 aromatic rings. The molecule has 8 heterocycles. The lowest BCUT2D eigenvalue weighted by Crippen LogP contribution is -2.25. The van der Waals surface area contributed by atoms with Crippen molar-refractivity contribution in [2.24, 2.45) is 11.8 Å². The third-order valence-corrected chi connectivity index (χ3v) is 22.5. The first kappa shape index (κ1) is 49.1. The minimum atomic E-state index is 0.229. The molecule has 0 N–H and O–H groups in total. The van der Waals surface area contributed by atoms with Gasteiger partial charge in [-0.25, -0.2) is 0 Å².